The molecular formula is C14H9IO3. The van der Waals surface area contributed by atoms with Crippen LogP contribution in [0.2, 0.25) is 0 Å². The molecule has 0 bridgehead atoms. The van der Waals surface area contributed by atoms with Gasteiger partial charge in [0.1, 0.15) is 11.3 Å². The van der Waals surface area contributed by atoms with E-state index in [0.717, 1.165) is 16.3 Å². The first kappa shape index (κ1) is 12.7. The van der Waals surface area contributed by atoms with Crippen molar-refractivity contribution >= 4 is 39.7 Å². The highest BCUT2D eigenvalue weighted by molar-refractivity contribution is 14.1. The number of carbonyl (C=O) groups is 1. The van der Waals surface area contributed by atoms with Crippen molar-refractivity contribution in [2.24, 2.45) is 0 Å². The first-order chi connectivity index (χ1) is 8.67. The number of terminal acetylenes is 1. The lowest BCUT2D eigenvalue weighted by Gasteiger charge is -2.08. The van der Waals surface area contributed by atoms with E-state index in [-0.39, 0.29) is 5.56 Å². The van der Waals surface area contributed by atoms with E-state index < -0.39 is 5.97 Å². The fourth-order valence-corrected chi connectivity index (χ4v) is 2.23. The zero-order valence-electron chi connectivity index (χ0n) is 9.31. The van der Waals surface area contributed by atoms with Gasteiger partial charge in [-0.2, -0.15) is 0 Å². The molecule has 0 heterocycles. The zero-order chi connectivity index (χ0) is 13.1. The lowest BCUT2D eigenvalue weighted by atomic mass is 9.99. The van der Waals surface area contributed by atoms with E-state index in [1.165, 1.54) is 0 Å². The average molecular weight is 352 g/mol. The van der Waals surface area contributed by atoms with Crippen LogP contribution in [-0.2, 0) is 6.42 Å². The fourth-order valence-electron chi connectivity index (χ4n) is 1.87. The SMILES string of the molecule is C#CCc1cccc2cc(C(=O)O)c(OI)cc12. The van der Waals surface area contributed by atoms with E-state index >= 15 is 0 Å². The first-order valence-corrected chi connectivity index (χ1v) is 6.06. The second-order valence-corrected chi connectivity index (χ2v) is 4.19. The molecule has 0 saturated heterocycles. The van der Waals surface area contributed by atoms with Gasteiger partial charge in [-0.3, -0.25) is 0 Å². The molecule has 0 aliphatic rings. The predicted octanol–water partition coefficient (Wildman–Crippen LogP) is 3.44. The minimum Gasteiger partial charge on any atom is -0.478 e. The number of hydrogen-bond donors (Lipinski definition) is 1. The van der Waals surface area contributed by atoms with Gasteiger partial charge < -0.3 is 8.17 Å². The molecule has 90 valence electrons. The van der Waals surface area contributed by atoms with Gasteiger partial charge >= 0.3 is 5.97 Å². The summed E-state index contributed by atoms with van der Waals surface area (Å²) < 4.78 is 5.09. The fraction of sp³-hybridized carbons (Fsp3) is 0.0714. The highest BCUT2D eigenvalue weighted by atomic mass is 127. The van der Waals surface area contributed by atoms with Crippen LogP contribution in [0.15, 0.2) is 30.3 Å². The van der Waals surface area contributed by atoms with E-state index in [4.69, 9.17) is 14.6 Å². The number of halogens is 1. The van der Waals surface area contributed by atoms with Crippen molar-refractivity contribution in [3.63, 3.8) is 0 Å². The normalized spacial score (nSPS) is 10.0. The van der Waals surface area contributed by atoms with E-state index in [0.29, 0.717) is 12.2 Å². The van der Waals surface area contributed by atoms with Crippen LogP contribution in [0.1, 0.15) is 15.9 Å². The number of carboxylic acid groups (broad SMARTS) is 1. The standard InChI is InChI=1S/C14H9IO3/c1-2-4-9-5-3-6-10-7-12(14(16)17)13(18-15)8-11(9)10/h1,3,5-8H,4H2,(H,16,17). The second kappa shape index (κ2) is 5.27. The van der Waals surface area contributed by atoms with Crippen LogP contribution >= 0.6 is 23.0 Å². The number of aromatic carboxylic acids is 1. The molecule has 2 rings (SSSR count). The lowest BCUT2D eigenvalue weighted by molar-refractivity contribution is 0.0695. The van der Waals surface area contributed by atoms with Gasteiger partial charge in [0.25, 0.3) is 0 Å². The Labute approximate surface area is 118 Å². The van der Waals surface area contributed by atoms with Gasteiger partial charge in [0.2, 0.25) is 0 Å². The molecule has 4 heteroatoms. The summed E-state index contributed by atoms with van der Waals surface area (Å²) in [6, 6.07) is 8.98. The summed E-state index contributed by atoms with van der Waals surface area (Å²) in [6.45, 7) is 0. The molecule has 0 spiro atoms. The minimum absolute atomic E-state index is 0.148. The van der Waals surface area contributed by atoms with Crippen LogP contribution in [0.5, 0.6) is 5.75 Å². The molecule has 0 aliphatic carbocycles. The summed E-state index contributed by atoms with van der Waals surface area (Å²) in [5.41, 5.74) is 1.14. The van der Waals surface area contributed by atoms with Gasteiger partial charge in [-0.15, -0.1) is 12.3 Å². The Kier molecular flexibility index (Phi) is 3.72. The summed E-state index contributed by atoms with van der Waals surface area (Å²) in [6.07, 6.45) is 5.83. The Bertz CT molecular complexity index is 656. The van der Waals surface area contributed by atoms with E-state index in [2.05, 4.69) is 5.92 Å². The van der Waals surface area contributed by atoms with Crippen LogP contribution in [0.25, 0.3) is 10.8 Å². The van der Waals surface area contributed by atoms with Crippen molar-refractivity contribution in [1.29, 1.82) is 0 Å². The highest BCUT2D eigenvalue weighted by Crippen LogP contribution is 2.29. The largest absolute Gasteiger partial charge is 0.478 e. The third kappa shape index (κ3) is 2.27. The Hall–Kier alpha value is -1.74. The number of fused-ring (bicyclic) bond motifs is 1. The summed E-state index contributed by atoms with van der Waals surface area (Å²) in [7, 11) is 0. The monoisotopic (exact) mass is 352 g/mol. The van der Waals surface area contributed by atoms with Crippen LogP contribution in [-0.4, -0.2) is 11.1 Å². The molecule has 1 N–H and O–H groups in total. The lowest BCUT2D eigenvalue weighted by Crippen LogP contribution is -1.99. The maximum atomic E-state index is 11.1. The molecule has 0 saturated carbocycles. The summed E-state index contributed by atoms with van der Waals surface area (Å²) in [4.78, 5) is 11.1. The van der Waals surface area contributed by atoms with Crippen molar-refractivity contribution in [2.45, 2.75) is 6.42 Å². The van der Waals surface area contributed by atoms with Gasteiger partial charge in [0, 0.05) is 6.42 Å². The Balaban J connectivity index is 2.75. The molecule has 0 aliphatic heterocycles. The molecule has 0 aromatic heterocycles. The average Bonchev–Trinajstić information content (AvgIpc) is 2.38. The third-order valence-corrected chi connectivity index (χ3v) is 3.15. The number of rotatable bonds is 3. The van der Waals surface area contributed by atoms with Crippen molar-refractivity contribution in [2.75, 3.05) is 0 Å². The van der Waals surface area contributed by atoms with Crippen molar-refractivity contribution in [3.05, 3.63) is 41.5 Å². The first-order valence-electron chi connectivity index (χ1n) is 5.18. The Morgan fingerprint density at radius 1 is 1.44 bits per heavy atom. The summed E-state index contributed by atoms with van der Waals surface area (Å²) in [5.74, 6) is 1.92. The van der Waals surface area contributed by atoms with Crippen LogP contribution in [0, 0.1) is 12.3 Å². The molecule has 2 aromatic carbocycles. The Morgan fingerprint density at radius 3 is 2.83 bits per heavy atom. The predicted molar refractivity (Wildman–Crippen MR) is 78.1 cm³/mol. The number of hydrogen-bond acceptors (Lipinski definition) is 2. The molecule has 0 radical (unpaired) electrons. The summed E-state index contributed by atoms with van der Waals surface area (Å²) >= 11 is 1.67. The van der Waals surface area contributed by atoms with Crippen LogP contribution < -0.4 is 3.07 Å². The Morgan fingerprint density at radius 2 is 2.22 bits per heavy atom. The maximum absolute atomic E-state index is 11.1. The highest BCUT2D eigenvalue weighted by Gasteiger charge is 2.13. The molecule has 18 heavy (non-hydrogen) atoms. The molecule has 0 amide bonds. The second-order valence-electron chi connectivity index (χ2n) is 3.75. The number of benzene rings is 2. The van der Waals surface area contributed by atoms with Crippen molar-refractivity contribution in [3.8, 4) is 18.1 Å². The van der Waals surface area contributed by atoms with Gasteiger partial charge in [-0.25, -0.2) is 4.79 Å². The smallest absolute Gasteiger partial charge is 0.339 e. The minimum atomic E-state index is -1.01. The van der Waals surface area contributed by atoms with Gasteiger partial charge in [-0.1, -0.05) is 18.2 Å². The molecule has 0 unspecified atom stereocenters. The molecule has 0 atom stereocenters. The van der Waals surface area contributed by atoms with Gasteiger partial charge in [0.05, 0.1) is 0 Å². The topological polar surface area (TPSA) is 46.5 Å². The third-order valence-electron chi connectivity index (χ3n) is 2.68. The quantitative estimate of drug-likeness (QED) is 0.680. The molecule has 2 aromatic rings. The number of carboxylic acids is 1. The maximum Gasteiger partial charge on any atom is 0.339 e. The molecule has 0 fully saturated rings. The zero-order valence-corrected chi connectivity index (χ0v) is 11.5. The van der Waals surface area contributed by atoms with Crippen LogP contribution in [0.4, 0.5) is 0 Å². The molecular weight excluding hydrogens is 343 g/mol. The molecule has 3 nitrogen and oxygen atoms in total. The van der Waals surface area contributed by atoms with E-state index in [1.807, 2.05) is 18.2 Å². The van der Waals surface area contributed by atoms with E-state index in [1.54, 1.807) is 35.1 Å². The van der Waals surface area contributed by atoms with Crippen molar-refractivity contribution < 1.29 is 13.0 Å². The van der Waals surface area contributed by atoms with Crippen molar-refractivity contribution in [1.82, 2.24) is 0 Å². The van der Waals surface area contributed by atoms with E-state index in [9.17, 15) is 4.79 Å². The van der Waals surface area contributed by atoms with Crippen LogP contribution in [0.3, 0.4) is 0 Å². The van der Waals surface area contributed by atoms with Gasteiger partial charge in [-0.05, 0) is 28.5 Å². The summed E-state index contributed by atoms with van der Waals surface area (Å²) in [5, 5.41) is 10.9. The van der Waals surface area contributed by atoms with Gasteiger partial charge in [0.15, 0.2) is 23.0 Å².